The first-order valence-electron chi connectivity index (χ1n) is 4.70. The molecule has 0 atom stereocenters. The van der Waals surface area contributed by atoms with Crippen molar-refractivity contribution in [2.45, 2.75) is 20.8 Å². The highest BCUT2D eigenvalue weighted by Gasteiger charge is 2.10. The molecule has 2 nitrogen and oxygen atoms in total. The summed E-state index contributed by atoms with van der Waals surface area (Å²) in [5.74, 6) is 0. The van der Waals surface area contributed by atoms with E-state index in [4.69, 9.17) is 4.84 Å². The van der Waals surface area contributed by atoms with E-state index in [0.29, 0.717) is 0 Å². The summed E-state index contributed by atoms with van der Waals surface area (Å²) < 4.78 is 1.29. The van der Waals surface area contributed by atoms with Gasteiger partial charge in [-0.25, -0.2) is 0 Å². The maximum absolute atomic E-state index is 5.38. The van der Waals surface area contributed by atoms with Crippen molar-refractivity contribution >= 4 is 21.4 Å². The molecule has 1 heterocycles. The van der Waals surface area contributed by atoms with Crippen molar-refractivity contribution in [3.05, 3.63) is 29.8 Å². The van der Waals surface area contributed by atoms with Crippen LogP contribution in [0.4, 0.5) is 0 Å². The minimum atomic E-state index is 0. The Morgan fingerprint density at radius 3 is 2.73 bits per heavy atom. The van der Waals surface area contributed by atoms with Gasteiger partial charge in [-0.05, 0) is 17.9 Å². The van der Waals surface area contributed by atoms with E-state index in [1.54, 1.807) is 18.4 Å². The van der Waals surface area contributed by atoms with Crippen LogP contribution in [0, 0.1) is 0 Å². The highest BCUT2D eigenvalue weighted by atomic mass is 32.1. The van der Waals surface area contributed by atoms with E-state index >= 15 is 0 Å². The summed E-state index contributed by atoms with van der Waals surface area (Å²) in [5, 5.41) is 2.29. The largest absolute Gasteiger partial charge is 0.398 e. The third-order valence-electron chi connectivity index (χ3n) is 2.21. The number of thiophene rings is 1. The number of rotatable bonds is 3. The molecular weight excluding hydrogens is 206 g/mol. The number of nitrogens with one attached hydrogen (secondary N) is 1. The minimum absolute atomic E-state index is 0. The van der Waals surface area contributed by atoms with Gasteiger partial charge in [0.25, 0.3) is 0 Å². The Hall–Kier alpha value is -1.06. The van der Waals surface area contributed by atoms with Crippen LogP contribution in [-0.2, 0) is 6.42 Å². The Labute approximate surface area is 94.8 Å². The lowest BCUT2D eigenvalue weighted by Gasteiger charge is -2.01. The molecule has 0 aliphatic carbocycles. The smallest absolute Gasteiger partial charge is 0.205 e. The van der Waals surface area contributed by atoms with E-state index in [1.807, 2.05) is 0 Å². The Morgan fingerprint density at radius 2 is 2.07 bits per heavy atom. The Kier molecular flexibility index (Phi) is 4.12. The van der Waals surface area contributed by atoms with Crippen molar-refractivity contribution in [3.8, 4) is 5.06 Å². The van der Waals surface area contributed by atoms with Crippen LogP contribution in [0.3, 0.4) is 0 Å². The minimum Gasteiger partial charge on any atom is -0.398 e. The van der Waals surface area contributed by atoms with E-state index in [0.717, 1.165) is 11.5 Å². The molecule has 82 valence electrons. The zero-order valence-corrected chi connectivity index (χ0v) is 9.15. The second-order valence-electron chi connectivity index (χ2n) is 3.02. The van der Waals surface area contributed by atoms with Gasteiger partial charge in [0.05, 0.1) is 0 Å². The fourth-order valence-electron chi connectivity index (χ4n) is 1.59. The first-order chi connectivity index (χ1) is 6.86. The first-order valence-corrected chi connectivity index (χ1v) is 5.52. The summed E-state index contributed by atoms with van der Waals surface area (Å²) in [6.07, 6.45) is 1.00. The third-order valence-corrected chi connectivity index (χ3v) is 3.30. The van der Waals surface area contributed by atoms with Crippen molar-refractivity contribution in [1.29, 1.82) is 0 Å². The molecule has 0 amide bonds. The molecule has 2 rings (SSSR count). The van der Waals surface area contributed by atoms with Gasteiger partial charge in [-0.3, -0.25) is 0 Å². The molecule has 0 saturated carbocycles. The van der Waals surface area contributed by atoms with Crippen LogP contribution in [0.2, 0.25) is 0 Å². The molecule has 1 aromatic carbocycles. The van der Waals surface area contributed by atoms with Crippen LogP contribution < -0.4 is 10.3 Å². The maximum atomic E-state index is 5.38. The summed E-state index contributed by atoms with van der Waals surface area (Å²) in [4.78, 5) is 5.38. The zero-order valence-electron chi connectivity index (χ0n) is 8.33. The average Bonchev–Trinajstić information content (AvgIpc) is 2.55. The predicted octanol–water partition coefficient (Wildman–Crippen LogP) is 3.61. The van der Waals surface area contributed by atoms with Crippen LogP contribution in [0.25, 0.3) is 10.1 Å². The van der Waals surface area contributed by atoms with E-state index < -0.39 is 0 Å². The normalized spacial score (nSPS) is 10.0. The molecule has 2 aromatic rings. The molecule has 0 aliphatic heterocycles. The summed E-state index contributed by atoms with van der Waals surface area (Å²) in [6, 6.07) is 8.40. The van der Waals surface area contributed by atoms with Gasteiger partial charge in [-0.1, -0.05) is 43.9 Å². The van der Waals surface area contributed by atoms with E-state index in [2.05, 4.69) is 36.7 Å². The standard InChI is InChI=1S/C11H13NOS.CH4/c1-3-8-9-6-4-5-7-10(9)14-11(8)13-12-2;/h4-7,12H,3H2,1-2H3;1H4. The van der Waals surface area contributed by atoms with Crippen molar-refractivity contribution in [2.75, 3.05) is 7.05 Å². The van der Waals surface area contributed by atoms with Gasteiger partial charge < -0.3 is 4.84 Å². The Morgan fingerprint density at radius 1 is 1.33 bits per heavy atom. The molecule has 0 bridgehead atoms. The predicted molar refractivity (Wildman–Crippen MR) is 67.6 cm³/mol. The highest BCUT2D eigenvalue weighted by Crippen LogP contribution is 2.37. The van der Waals surface area contributed by atoms with E-state index in [9.17, 15) is 0 Å². The second-order valence-corrected chi connectivity index (χ2v) is 4.04. The molecule has 15 heavy (non-hydrogen) atoms. The zero-order chi connectivity index (χ0) is 9.97. The molecule has 0 saturated heterocycles. The number of hydrogen-bond donors (Lipinski definition) is 1. The lowest BCUT2D eigenvalue weighted by atomic mass is 10.1. The number of fused-ring (bicyclic) bond motifs is 1. The fourth-order valence-corrected chi connectivity index (χ4v) is 2.74. The van der Waals surface area contributed by atoms with Crippen LogP contribution in [0.5, 0.6) is 5.06 Å². The number of benzene rings is 1. The molecule has 0 spiro atoms. The highest BCUT2D eigenvalue weighted by molar-refractivity contribution is 7.21. The average molecular weight is 223 g/mol. The quantitative estimate of drug-likeness (QED) is 0.803. The fraction of sp³-hybridized carbons (Fsp3) is 0.333. The van der Waals surface area contributed by atoms with Gasteiger partial charge in [-0.2, -0.15) is 5.48 Å². The van der Waals surface area contributed by atoms with Crippen molar-refractivity contribution < 1.29 is 4.84 Å². The van der Waals surface area contributed by atoms with Crippen molar-refractivity contribution in [3.63, 3.8) is 0 Å². The third kappa shape index (κ3) is 2.13. The molecule has 0 radical (unpaired) electrons. The molecule has 1 aromatic heterocycles. The molecule has 0 unspecified atom stereocenters. The van der Waals surface area contributed by atoms with Crippen molar-refractivity contribution in [2.24, 2.45) is 0 Å². The van der Waals surface area contributed by atoms with Crippen molar-refractivity contribution in [1.82, 2.24) is 5.48 Å². The van der Waals surface area contributed by atoms with Gasteiger partial charge in [0.1, 0.15) is 0 Å². The maximum Gasteiger partial charge on any atom is 0.205 e. The first kappa shape index (κ1) is 12.0. The summed E-state index contributed by atoms with van der Waals surface area (Å²) in [5.41, 5.74) is 4.02. The molecule has 0 aliphatic rings. The molecular formula is C12H17NOS. The summed E-state index contributed by atoms with van der Waals surface area (Å²) >= 11 is 1.69. The van der Waals surface area contributed by atoms with E-state index in [1.165, 1.54) is 15.6 Å². The number of hydrogen-bond acceptors (Lipinski definition) is 3. The van der Waals surface area contributed by atoms with Crippen LogP contribution in [-0.4, -0.2) is 7.05 Å². The van der Waals surface area contributed by atoms with Crippen LogP contribution in [0.1, 0.15) is 19.9 Å². The van der Waals surface area contributed by atoms with Gasteiger partial charge in [-0.15, -0.1) is 0 Å². The lowest BCUT2D eigenvalue weighted by Crippen LogP contribution is -2.10. The van der Waals surface area contributed by atoms with Gasteiger partial charge in [0.15, 0.2) is 0 Å². The SMILES string of the molecule is C.CCc1c(ONC)sc2ccccc12. The molecule has 0 fully saturated rings. The monoisotopic (exact) mass is 223 g/mol. The van der Waals surface area contributed by atoms with E-state index in [-0.39, 0.29) is 7.43 Å². The van der Waals surface area contributed by atoms with Gasteiger partial charge in [0.2, 0.25) is 5.06 Å². The second kappa shape index (κ2) is 5.14. The van der Waals surface area contributed by atoms with Gasteiger partial charge in [0, 0.05) is 17.3 Å². The van der Waals surface area contributed by atoms with Crippen LogP contribution >= 0.6 is 11.3 Å². The number of aryl methyl sites for hydroxylation is 1. The summed E-state index contributed by atoms with van der Waals surface area (Å²) in [6.45, 7) is 2.15. The Bertz CT molecular complexity index is 436. The topological polar surface area (TPSA) is 21.3 Å². The Balaban J connectivity index is 0.00000112. The number of hydroxylamine groups is 1. The molecule has 1 N–H and O–H groups in total. The van der Waals surface area contributed by atoms with Crippen LogP contribution in [0.15, 0.2) is 24.3 Å². The lowest BCUT2D eigenvalue weighted by molar-refractivity contribution is 0.230. The molecule has 3 heteroatoms. The summed E-state index contributed by atoms with van der Waals surface area (Å²) in [7, 11) is 1.78. The van der Waals surface area contributed by atoms with Gasteiger partial charge >= 0.3 is 0 Å².